The van der Waals surface area contributed by atoms with E-state index in [4.69, 9.17) is 4.42 Å². The molecule has 3 aromatic rings. The van der Waals surface area contributed by atoms with Crippen LogP contribution in [0.3, 0.4) is 0 Å². The van der Waals surface area contributed by atoms with Crippen LogP contribution < -0.4 is 15.5 Å². The molecular formula is C24H29N3O3S. The Morgan fingerprint density at radius 1 is 1.06 bits per heavy atom. The van der Waals surface area contributed by atoms with Crippen LogP contribution in [0.5, 0.6) is 0 Å². The second-order valence-corrected chi connectivity index (χ2v) is 8.22. The smallest absolute Gasteiger partial charge is 0.265 e. The minimum Gasteiger partial charge on any atom is -0.467 e. The number of unbranched alkanes of at least 4 members (excludes halogenated alkanes) is 1. The fraction of sp³-hybridized carbons (Fsp3) is 0.333. The standard InChI is InChI=1S/C24H29N3O3S/c1-3-5-13-27(17-19-8-6-14-30-19)21-11-10-18(16-20(21)23(28)25-12-4-2)26-24(29)22-9-7-15-31-22/h6-11,14-16H,3-5,12-13,17H2,1-2H3,(H,25,28)(H,26,29). The molecule has 164 valence electrons. The molecule has 0 bridgehead atoms. The molecular weight excluding hydrogens is 410 g/mol. The third-order valence-corrected chi connectivity index (χ3v) is 5.70. The summed E-state index contributed by atoms with van der Waals surface area (Å²) in [6.45, 7) is 6.12. The molecule has 6 nitrogen and oxygen atoms in total. The van der Waals surface area contributed by atoms with E-state index < -0.39 is 0 Å². The van der Waals surface area contributed by atoms with Gasteiger partial charge in [0, 0.05) is 18.8 Å². The Bertz CT molecular complexity index is 968. The average Bonchev–Trinajstić information content (AvgIpc) is 3.49. The average molecular weight is 440 g/mol. The maximum absolute atomic E-state index is 13.0. The second-order valence-electron chi connectivity index (χ2n) is 7.27. The van der Waals surface area contributed by atoms with Gasteiger partial charge < -0.3 is 20.0 Å². The van der Waals surface area contributed by atoms with Crippen LogP contribution in [0.25, 0.3) is 0 Å². The van der Waals surface area contributed by atoms with Crippen molar-refractivity contribution in [2.45, 2.75) is 39.7 Å². The highest BCUT2D eigenvalue weighted by Gasteiger charge is 2.19. The van der Waals surface area contributed by atoms with Crippen molar-refractivity contribution >= 4 is 34.5 Å². The summed E-state index contributed by atoms with van der Waals surface area (Å²) in [6, 6.07) is 12.9. The molecule has 7 heteroatoms. The van der Waals surface area contributed by atoms with Crippen molar-refractivity contribution in [3.63, 3.8) is 0 Å². The number of amides is 2. The number of furan rings is 1. The monoisotopic (exact) mass is 439 g/mol. The molecule has 0 unspecified atom stereocenters. The number of hydrogen-bond acceptors (Lipinski definition) is 5. The van der Waals surface area contributed by atoms with Crippen molar-refractivity contribution in [3.05, 3.63) is 70.3 Å². The van der Waals surface area contributed by atoms with Gasteiger partial charge in [0.15, 0.2) is 0 Å². The van der Waals surface area contributed by atoms with Crippen LogP contribution in [-0.2, 0) is 6.54 Å². The van der Waals surface area contributed by atoms with E-state index >= 15 is 0 Å². The van der Waals surface area contributed by atoms with Gasteiger partial charge in [-0.1, -0.05) is 26.3 Å². The molecule has 2 heterocycles. The SMILES string of the molecule is CCCCN(Cc1ccco1)c1ccc(NC(=O)c2cccs2)cc1C(=O)NCCC. The lowest BCUT2D eigenvalue weighted by Crippen LogP contribution is -2.30. The molecule has 0 atom stereocenters. The number of thiophene rings is 1. The van der Waals surface area contributed by atoms with Gasteiger partial charge in [0.25, 0.3) is 11.8 Å². The summed E-state index contributed by atoms with van der Waals surface area (Å²) in [5, 5.41) is 7.74. The van der Waals surface area contributed by atoms with Gasteiger partial charge >= 0.3 is 0 Å². The molecule has 0 spiro atoms. The number of nitrogens with one attached hydrogen (secondary N) is 2. The quantitative estimate of drug-likeness (QED) is 0.411. The number of hydrogen-bond donors (Lipinski definition) is 2. The Morgan fingerprint density at radius 2 is 1.94 bits per heavy atom. The van der Waals surface area contributed by atoms with Gasteiger partial charge in [0.2, 0.25) is 0 Å². The Kier molecular flexibility index (Phi) is 8.29. The molecule has 2 N–H and O–H groups in total. The molecule has 3 rings (SSSR count). The molecule has 0 saturated heterocycles. The number of nitrogens with zero attached hydrogens (tertiary/aromatic N) is 1. The normalized spacial score (nSPS) is 10.6. The van der Waals surface area contributed by atoms with Gasteiger partial charge in [-0.05, 0) is 54.6 Å². The second kappa shape index (κ2) is 11.4. The van der Waals surface area contributed by atoms with Crippen molar-refractivity contribution in [1.29, 1.82) is 0 Å². The van der Waals surface area contributed by atoms with Crippen LogP contribution in [0.15, 0.2) is 58.5 Å². The minimum atomic E-state index is -0.180. The number of anilines is 2. The highest BCUT2D eigenvalue weighted by molar-refractivity contribution is 7.12. The first-order valence-electron chi connectivity index (χ1n) is 10.7. The molecule has 2 aromatic heterocycles. The summed E-state index contributed by atoms with van der Waals surface area (Å²) in [4.78, 5) is 28.3. The van der Waals surface area contributed by atoms with Crippen LogP contribution in [0, 0.1) is 0 Å². The van der Waals surface area contributed by atoms with Crippen LogP contribution in [-0.4, -0.2) is 24.9 Å². The Morgan fingerprint density at radius 3 is 2.61 bits per heavy atom. The van der Waals surface area contributed by atoms with Crippen molar-refractivity contribution in [1.82, 2.24) is 5.32 Å². The first-order chi connectivity index (χ1) is 15.1. The molecule has 2 amide bonds. The molecule has 1 aromatic carbocycles. The third-order valence-electron chi connectivity index (χ3n) is 4.83. The van der Waals surface area contributed by atoms with E-state index in [0.717, 1.165) is 37.3 Å². The van der Waals surface area contributed by atoms with E-state index in [9.17, 15) is 9.59 Å². The first-order valence-corrected chi connectivity index (χ1v) is 11.5. The van der Waals surface area contributed by atoms with Crippen LogP contribution in [0.1, 0.15) is 58.9 Å². The topological polar surface area (TPSA) is 74.6 Å². The van der Waals surface area contributed by atoms with Crippen molar-refractivity contribution in [2.75, 3.05) is 23.3 Å². The summed E-state index contributed by atoms with van der Waals surface area (Å²) in [7, 11) is 0. The van der Waals surface area contributed by atoms with Crippen LogP contribution >= 0.6 is 11.3 Å². The third kappa shape index (κ3) is 6.21. The first kappa shape index (κ1) is 22.6. The summed E-state index contributed by atoms with van der Waals surface area (Å²) in [5.41, 5.74) is 1.96. The number of carbonyl (C=O) groups is 2. The zero-order valence-corrected chi connectivity index (χ0v) is 18.8. The zero-order chi connectivity index (χ0) is 22.1. The van der Waals surface area contributed by atoms with E-state index in [1.807, 2.05) is 42.6 Å². The summed E-state index contributed by atoms with van der Waals surface area (Å²) >= 11 is 1.38. The lowest BCUT2D eigenvalue weighted by atomic mass is 10.1. The van der Waals surface area contributed by atoms with E-state index in [2.05, 4.69) is 22.5 Å². The zero-order valence-electron chi connectivity index (χ0n) is 18.0. The number of benzene rings is 1. The lowest BCUT2D eigenvalue weighted by molar-refractivity contribution is 0.0952. The molecule has 31 heavy (non-hydrogen) atoms. The summed E-state index contributed by atoms with van der Waals surface area (Å²) < 4.78 is 5.55. The maximum atomic E-state index is 13.0. The highest BCUT2D eigenvalue weighted by Crippen LogP contribution is 2.27. The Hall–Kier alpha value is -3.06. The maximum Gasteiger partial charge on any atom is 0.265 e. The highest BCUT2D eigenvalue weighted by atomic mass is 32.1. The van der Waals surface area contributed by atoms with E-state index in [-0.39, 0.29) is 11.8 Å². The predicted octanol–water partition coefficient (Wildman–Crippen LogP) is 5.54. The number of rotatable bonds is 11. The number of carbonyl (C=O) groups excluding carboxylic acids is 2. The Balaban J connectivity index is 1.91. The molecule has 0 radical (unpaired) electrons. The van der Waals surface area contributed by atoms with Crippen molar-refractivity contribution < 1.29 is 14.0 Å². The minimum absolute atomic E-state index is 0.148. The fourth-order valence-corrected chi connectivity index (χ4v) is 3.85. The van der Waals surface area contributed by atoms with Gasteiger partial charge in [-0.25, -0.2) is 0 Å². The van der Waals surface area contributed by atoms with Gasteiger partial charge in [-0.15, -0.1) is 11.3 Å². The van der Waals surface area contributed by atoms with Gasteiger partial charge in [0.1, 0.15) is 5.76 Å². The van der Waals surface area contributed by atoms with E-state index in [1.165, 1.54) is 11.3 Å². The van der Waals surface area contributed by atoms with Gasteiger partial charge in [-0.3, -0.25) is 9.59 Å². The van der Waals surface area contributed by atoms with Crippen LogP contribution in [0.4, 0.5) is 11.4 Å². The fourth-order valence-electron chi connectivity index (χ4n) is 3.23. The van der Waals surface area contributed by atoms with E-state index in [1.54, 1.807) is 18.4 Å². The van der Waals surface area contributed by atoms with Gasteiger partial charge in [-0.2, -0.15) is 0 Å². The molecule has 0 aliphatic heterocycles. The lowest BCUT2D eigenvalue weighted by Gasteiger charge is -2.26. The molecule has 0 aliphatic carbocycles. The summed E-state index contributed by atoms with van der Waals surface area (Å²) in [5.74, 6) is 0.511. The molecule has 0 aliphatic rings. The predicted molar refractivity (Wildman–Crippen MR) is 126 cm³/mol. The van der Waals surface area contributed by atoms with E-state index in [0.29, 0.717) is 29.2 Å². The Labute approximate surface area is 187 Å². The van der Waals surface area contributed by atoms with Crippen molar-refractivity contribution in [2.24, 2.45) is 0 Å². The van der Waals surface area contributed by atoms with Crippen LogP contribution in [0.2, 0.25) is 0 Å². The molecule has 0 saturated carbocycles. The largest absolute Gasteiger partial charge is 0.467 e. The van der Waals surface area contributed by atoms with Crippen molar-refractivity contribution in [3.8, 4) is 0 Å². The molecule has 0 fully saturated rings. The summed E-state index contributed by atoms with van der Waals surface area (Å²) in [6.07, 6.45) is 4.54. The van der Waals surface area contributed by atoms with Gasteiger partial charge in [0.05, 0.1) is 28.9 Å².